The quantitative estimate of drug-likeness (QED) is 0.782. The Balaban J connectivity index is 2.06. The molecule has 2 aromatic heterocycles. The number of hydrogen-bond donors (Lipinski definition) is 0. The molecule has 3 nitrogen and oxygen atoms in total. The van der Waals surface area contributed by atoms with E-state index in [1.807, 2.05) is 30.5 Å². The first kappa shape index (κ1) is 10.9. The molecule has 3 rings (SSSR count). The fourth-order valence-corrected chi connectivity index (χ4v) is 3.43. The lowest BCUT2D eigenvalue weighted by molar-refractivity contribution is -0.111. The van der Waals surface area contributed by atoms with Crippen LogP contribution in [0.15, 0.2) is 36.7 Å². The van der Waals surface area contributed by atoms with Crippen LogP contribution in [0.4, 0.5) is 0 Å². The summed E-state index contributed by atoms with van der Waals surface area (Å²) in [4.78, 5) is 15.4. The molecule has 0 radical (unpaired) electrons. The van der Waals surface area contributed by atoms with Gasteiger partial charge in [0.2, 0.25) is 5.24 Å². The highest BCUT2D eigenvalue weighted by molar-refractivity contribution is 7.99. The minimum Gasteiger partial charge on any atom is -0.333 e. The first-order valence-electron chi connectivity index (χ1n) is 5.18. The van der Waals surface area contributed by atoms with E-state index in [9.17, 15) is 4.79 Å². The summed E-state index contributed by atoms with van der Waals surface area (Å²) in [5.41, 5.74) is 3.12. The summed E-state index contributed by atoms with van der Waals surface area (Å²) in [6.07, 6.45) is 3.57. The zero-order chi connectivity index (χ0) is 11.8. The molecular formula is C12H9ClN2OS. The molecule has 3 heterocycles. The Bertz CT molecular complexity index is 567. The Morgan fingerprint density at radius 1 is 1.47 bits per heavy atom. The number of fused-ring (bicyclic) bond motifs is 1. The topological polar surface area (TPSA) is 34.9 Å². The number of aromatic nitrogens is 2. The Morgan fingerprint density at radius 2 is 2.35 bits per heavy atom. The van der Waals surface area contributed by atoms with E-state index in [4.69, 9.17) is 11.6 Å². The molecule has 1 unspecified atom stereocenters. The van der Waals surface area contributed by atoms with Gasteiger partial charge in [0.15, 0.2) is 0 Å². The largest absolute Gasteiger partial charge is 0.333 e. The Kier molecular flexibility index (Phi) is 2.68. The van der Waals surface area contributed by atoms with E-state index in [0.717, 1.165) is 22.8 Å². The van der Waals surface area contributed by atoms with Crippen LogP contribution < -0.4 is 0 Å². The predicted octanol–water partition coefficient (Wildman–Crippen LogP) is 3.06. The normalized spacial score (nSPS) is 18.1. The molecule has 5 heteroatoms. The summed E-state index contributed by atoms with van der Waals surface area (Å²) in [5.74, 6) is 0.760. The molecule has 0 amide bonds. The maximum atomic E-state index is 11.3. The van der Waals surface area contributed by atoms with Gasteiger partial charge in [0.05, 0.1) is 11.6 Å². The van der Waals surface area contributed by atoms with Crippen molar-refractivity contribution >= 4 is 28.6 Å². The fraction of sp³-hybridized carbons (Fsp3) is 0.167. The molecule has 0 aliphatic carbocycles. The summed E-state index contributed by atoms with van der Waals surface area (Å²) in [6, 6.07) is 7.89. The average molecular weight is 265 g/mol. The average Bonchev–Trinajstić information content (AvgIpc) is 2.89. The number of thioether (sulfide) groups is 1. The van der Waals surface area contributed by atoms with Crippen LogP contribution in [0, 0.1) is 0 Å². The van der Waals surface area contributed by atoms with Gasteiger partial charge < -0.3 is 4.57 Å². The van der Waals surface area contributed by atoms with Crippen molar-refractivity contribution < 1.29 is 4.79 Å². The van der Waals surface area contributed by atoms with Crippen LogP contribution >= 0.6 is 23.4 Å². The summed E-state index contributed by atoms with van der Waals surface area (Å²) >= 11 is 7.14. The number of halogens is 1. The van der Waals surface area contributed by atoms with E-state index >= 15 is 0 Å². The van der Waals surface area contributed by atoms with Crippen LogP contribution in [-0.2, 0) is 10.7 Å². The van der Waals surface area contributed by atoms with Gasteiger partial charge in [-0.3, -0.25) is 9.78 Å². The van der Waals surface area contributed by atoms with Crippen molar-refractivity contribution in [1.82, 2.24) is 9.55 Å². The van der Waals surface area contributed by atoms with Crippen molar-refractivity contribution in [3.8, 4) is 11.3 Å². The standard InChI is InChI=1S/C12H9ClN2OS/c13-12(16)11-10-4-3-9(15(10)7-17-11)8-2-1-5-14-6-8/h1-6,11H,7H2. The number of carbonyl (C=O) groups excluding carboxylic acids is 1. The lowest BCUT2D eigenvalue weighted by atomic mass is 10.2. The first-order chi connectivity index (χ1) is 8.27. The second-order valence-corrected chi connectivity index (χ2v) is 5.23. The zero-order valence-electron chi connectivity index (χ0n) is 8.84. The Morgan fingerprint density at radius 3 is 3.06 bits per heavy atom. The third kappa shape index (κ3) is 1.77. The molecule has 17 heavy (non-hydrogen) atoms. The van der Waals surface area contributed by atoms with Crippen molar-refractivity contribution in [2.75, 3.05) is 0 Å². The monoisotopic (exact) mass is 264 g/mol. The molecule has 0 spiro atoms. The van der Waals surface area contributed by atoms with Crippen molar-refractivity contribution in [3.05, 3.63) is 42.4 Å². The van der Waals surface area contributed by atoms with Crippen molar-refractivity contribution in [2.24, 2.45) is 0 Å². The van der Waals surface area contributed by atoms with E-state index < -0.39 is 0 Å². The maximum Gasteiger partial charge on any atom is 0.240 e. The minimum atomic E-state index is -0.301. The van der Waals surface area contributed by atoms with Gasteiger partial charge in [-0.05, 0) is 35.9 Å². The second kappa shape index (κ2) is 4.20. The van der Waals surface area contributed by atoms with Crippen molar-refractivity contribution in [3.63, 3.8) is 0 Å². The molecule has 86 valence electrons. The van der Waals surface area contributed by atoms with Crippen LogP contribution in [0.3, 0.4) is 0 Å². The Labute approximate surface area is 108 Å². The minimum absolute atomic E-state index is 0.234. The van der Waals surface area contributed by atoms with Gasteiger partial charge in [-0.1, -0.05) is 0 Å². The number of carbonyl (C=O) groups is 1. The van der Waals surface area contributed by atoms with E-state index in [-0.39, 0.29) is 10.5 Å². The molecule has 0 N–H and O–H groups in total. The zero-order valence-corrected chi connectivity index (χ0v) is 10.4. The molecule has 1 aliphatic heterocycles. The van der Waals surface area contributed by atoms with Crippen LogP contribution in [-0.4, -0.2) is 14.8 Å². The number of nitrogens with zero attached hydrogens (tertiary/aromatic N) is 2. The molecule has 0 bridgehead atoms. The van der Waals surface area contributed by atoms with E-state index in [1.54, 1.807) is 18.0 Å². The Hall–Kier alpha value is -1.26. The lowest BCUT2D eigenvalue weighted by Crippen LogP contribution is -2.00. The highest BCUT2D eigenvalue weighted by Crippen LogP contribution is 2.42. The smallest absolute Gasteiger partial charge is 0.240 e. The van der Waals surface area contributed by atoms with Crippen LogP contribution in [0.2, 0.25) is 0 Å². The molecule has 0 aromatic carbocycles. The van der Waals surface area contributed by atoms with Crippen molar-refractivity contribution in [1.29, 1.82) is 0 Å². The molecular weight excluding hydrogens is 256 g/mol. The second-order valence-electron chi connectivity index (χ2n) is 3.79. The molecule has 1 aliphatic rings. The maximum absolute atomic E-state index is 11.3. The number of pyridine rings is 1. The third-order valence-electron chi connectivity index (χ3n) is 2.82. The summed E-state index contributed by atoms with van der Waals surface area (Å²) < 4.78 is 2.12. The molecule has 1 atom stereocenters. The first-order valence-corrected chi connectivity index (χ1v) is 6.61. The van der Waals surface area contributed by atoms with Crippen molar-refractivity contribution in [2.45, 2.75) is 11.1 Å². The van der Waals surface area contributed by atoms with Crippen LogP contribution in [0.1, 0.15) is 10.9 Å². The fourth-order valence-electron chi connectivity index (χ4n) is 2.04. The van der Waals surface area contributed by atoms with E-state index in [0.29, 0.717) is 0 Å². The van der Waals surface area contributed by atoms with Gasteiger partial charge in [0, 0.05) is 23.7 Å². The SMILES string of the molecule is O=C(Cl)C1SCn2c(-c3cccnc3)ccc21. The van der Waals surface area contributed by atoms with Gasteiger partial charge >= 0.3 is 0 Å². The van der Waals surface area contributed by atoms with Gasteiger partial charge in [-0.25, -0.2) is 0 Å². The van der Waals surface area contributed by atoms with Gasteiger partial charge in [0.25, 0.3) is 0 Å². The van der Waals surface area contributed by atoms with Crippen LogP contribution in [0.5, 0.6) is 0 Å². The highest BCUT2D eigenvalue weighted by Gasteiger charge is 2.30. The van der Waals surface area contributed by atoms with Gasteiger partial charge in [-0.2, -0.15) is 0 Å². The van der Waals surface area contributed by atoms with Crippen LogP contribution in [0.25, 0.3) is 11.3 Å². The molecule has 2 aromatic rings. The highest BCUT2D eigenvalue weighted by atomic mass is 35.5. The van der Waals surface area contributed by atoms with Gasteiger partial charge in [0.1, 0.15) is 5.25 Å². The number of rotatable bonds is 2. The number of hydrogen-bond acceptors (Lipinski definition) is 3. The van der Waals surface area contributed by atoms with Gasteiger partial charge in [-0.15, -0.1) is 11.8 Å². The summed E-state index contributed by atoms with van der Waals surface area (Å²) in [5, 5.41) is -0.535. The van der Waals surface area contributed by atoms with E-state index in [2.05, 4.69) is 9.55 Å². The molecule has 0 saturated heterocycles. The van der Waals surface area contributed by atoms with E-state index in [1.165, 1.54) is 0 Å². The summed E-state index contributed by atoms with van der Waals surface area (Å²) in [6.45, 7) is 0. The predicted molar refractivity (Wildman–Crippen MR) is 68.9 cm³/mol. The molecule has 0 fully saturated rings. The molecule has 0 saturated carbocycles. The lowest BCUT2D eigenvalue weighted by Gasteiger charge is -2.04. The third-order valence-corrected chi connectivity index (χ3v) is 4.36. The summed E-state index contributed by atoms with van der Waals surface area (Å²) in [7, 11) is 0.